The monoisotopic (exact) mass is 316 g/mol. The van der Waals surface area contributed by atoms with E-state index in [-0.39, 0.29) is 12.3 Å². The SMILES string of the molecule is Cc1cccc2[nH]cc(CC(=O)N3CCOC(CC(=O)O)C3)c12. The second-order valence-electron chi connectivity index (χ2n) is 5.92. The van der Waals surface area contributed by atoms with Crippen LogP contribution in [0.1, 0.15) is 17.5 Å². The van der Waals surface area contributed by atoms with E-state index >= 15 is 0 Å². The van der Waals surface area contributed by atoms with Crippen LogP contribution in [-0.2, 0) is 20.7 Å². The molecule has 1 aromatic carbocycles. The molecule has 0 saturated carbocycles. The molecule has 2 heterocycles. The Labute approximate surface area is 134 Å². The number of amides is 1. The highest BCUT2D eigenvalue weighted by Crippen LogP contribution is 2.23. The molecule has 122 valence electrons. The Morgan fingerprint density at radius 3 is 3.04 bits per heavy atom. The number of carbonyl (C=O) groups is 2. The molecule has 0 radical (unpaired) electrons. The number of H-pyrrole nitrogens is 1. The van der Waals surface area contributed by atoms with Crippen molar-refractivity contribution in [1.29, 1.82) is 0 Å². The van der Waals surface area contributed by atoms with Gasteiger partial charge in [-0.05, 0) is 24.1 Å². The molecule has 1 amide bonds. The molecule has 6 heteroatoms. The molecule has 1 aromatic heterocycles. The standard InChI is InChI=1S/C17H20N2O4/c1-11-3-2-4-14-17(11)12(9-18-14)7-15(20)19-5-6-23-13(10-19)8-16(21)22/h2-4,9,13,18H,5-8,10H2,1H3,(H,21,22). The van der Waals surface area contributed by atoms with E-state index in [1.807, 2.05) is 31.3 Å². The van der Waals surface area contributed by atoms with E-state index in [4.69, 9.17) is 9.84 Å². The lowest BCUT2D eigenvalue weighted by Crippen LogP contribution is -2.46. The molecule has 0 aliphatic carbocycles. The Kier molecular flexibility index (Phi) is 4.34. The molecular formula is C17H20N2O4. The molecule has 23 heavy (non-hydrogen) atoms. The average molecular weight is 316 g/mol. The molecule has 1 saturated heterocycles. The molecule has 1 atom stereocenters. The van der Waals surface area contributed by atoms with E-state index < -0.39 is 12.1 Å². The number of carboxylic acid groups (broad SMARTS) is 1. The topological polar surface area (TPSA) is 82.6 Å². The van der Waals surface area contributed by atoms with E-state index in [1.165, 1.54) is 0 Å². The van der Waals surface area contributed by atoms with Crippen LogP contribution in [0.15, 0.2) is 24.4 Å². The number of ether oxygens (including phenoxy) is 1. The van der Waals surface area contributed by atoms with E-state index in [1.54, 1.807) is 4.90 Å². The van der Waals surface area contributed by atoms with Crippen molar-refractivity contribution in [1.82, 2.24) is 9.88 Å². The van der Waals surface area contributed by atoms with Crippen molar-refractivity contribution >= 4 is 22.8 Å². The number of carboxylic acids is 1. The maximum Gasteiger partial charge on any atom is 0.306 e. The fourth-order valence-electron chi connectivity index (χ4n) is 3.13. The zero-order valence-corrected chi connectivity index (χ0v) is 13.0. The first-order chi connectivity index (χ1) is 11.0. The van der Waals surface area contributed by atoms with Gasteiger partial charge in [-0.15, -0.1) is 0 Å². The number of benzene rings is 1. The van der Waals surface area contributed by atoms with E-state index in [9.17, 15) is 9.59 Å². The van der Waals surface area contributed by atoms with Crippen LogP contribution in [0.4, 0.5) is 0 Å². The number of morpholine rings is 1. The fraction of sp³-hybridized carbons (Fsp3) is 0.412. The first-order valence-electron chi connectivity index (χ1n) is 7.71. The van der Waals surface area contributed by atoms with Crippen LogP contribution in [-0.4, -0.2) is 52.7 Å². The van der Waals surface area contributed by atoms with Crippen molar-refractivity contribution in [2.45, 2.75) is 25.9 Å². The largest absolute Gasteiger partial charge is 0.481 e. The number of aliphatic carboxylic acids is 1. The molecular weight excluding hydrogens is 296 g/mol. The van der Waals surface area contributed by atoms with Crippen molar-refractivity contribution < 1.29 is 19.4 Å². The van der Waals surface area contributed by atoms with Crippen LogP contribution in [0, 0.1) is 6.92 Å². The number of nitrogens with zero attached hydrogens (tertiary/aromatic N) is 1. The second-order valence-corrected chi connectivity index (χ2v) is 5.92. The lowest BCUT2D eigenvalue weighted by Gasteiger charge is -2.32. The molecule has 1 unspecified atom stereocenters. The third-order valence-electron chi connectivity index (χ3n) is 4.23. The van der Waals surface area contributed by atoms with Gasteiger partial charge < -0.3 is 19.7 Å². The Balaban J connectivity index is 1.72. The maximum absolute atomic E-state index is 12.6. The van der Waals surface area contributed by atoms with Gasteiger partial charge >= 0.3 is 5.97 Å². The third kappa shape index (κ3) is 3.37. The zero-order chi connectivity index (χ0) is 16.4. The van der Waals surface area contributed by atoms with Crippen molar-refractivity contribution in [3.63, 3.8) is 0 Å². The molecule has 2 aromatic rings. The van der Waals surface area contributed by atoms with Gasteiger partial charge in [0.1, 0.15) is 0 Å². The van der Waals surface area contributed by atoms with Gasteiger partial charge in [0.25, 0.3) is 0 Å². The first-order valence-corrected chi connectivity index (χ1v) is 7.71. The lowest BCUT2D eigenvalue weighted by atomic mass is 10.0. The van der Waals surface area contributed by atoms with Crippen molar-refractivity contribution in [2.24, 2.45) is 0 Å². The number of aryl methyl sites for hydroxylation is 1. The Morgan fingerprint density at radius 2 is 2.26 bits per heavy atom. The Hall–Kier alpha value is -2.34. The van der Waals surface area contributed by atoms with Crippen LogP contribution in [0.2, 0.25) is 0 Å². The summed E-state index contributed by atoms with van der Waals surface area (Å²) in [5, 5.41) is 9.95. The van der Waals surface area contributed by atoms with Gasteiger partial charge in [-0.2, -0.15) is 0 Å². The molecule has 6 nitrogen and oxygen atoms in total. The highest BCUT2D eigenvalue weighted by atomic mass is 16.5. The van der Waals surface area contributed by atoms with Crippen molar-refractivity contribution in [3.8, 4) is 0 Å². The molecule has 3 rings (SSSR count). The van der Waals surface area contributed by atoms with Crippen molar-refractivity contribution in [3.05, 3.63) is 35.5 Å². The van der Waals surface area contributed by atoms with E-state index in [0.29, 0.717) is 26.1 Å². The number of aromatic nitrogens is 1. The van der Waals surface area contributed by atoms with Gasteiger partial charge in [-0.3, -0.25) is 9.59 Å². The van der Waals surface area contributed by atoms with Gasteiger partial charge in [0.2, 0.25) is 5.91 Å². The molecule has 1 fully saturated rings. The summed E-state index contributed by atoms with van der Waals surface area (Å²) >= 11 is 0. The van der Waals surface area contributed by atoms with Crippen LogP contribution in [0.3, 0.4) is 0 Å². The predicted octanol–water partition coefficient (Wildman–Crippen LogP) is 1.72. The minimum absolute atomic E-state index is 0.00726. The smallest absolute Gasteiger partial charge is 0.306 e. The summed E-state index contributed by atoms with van der Waals surface area (Å²) in [6.45, 7) is 3.27. The van der Waals surface area contributed by atoms with Gasteiger partial charge in [0.05, 0.1) is 25.6 Å². The third-order valence-corrected chi connectivity index (χ3v) is 4.23. The van der Waals surface area contributed by atoms with Gasteiger partial charge in [0.15, 0.2) is 0 Å². The lowest BCUT2D eigenvalue weighted by molar-refractivity contribution is -0.147. The first kappa shape index (κ1) is 15.6. The minimum Gasteiger partial charge on any atom is -0.481 e. The molecule has 0 bridgehead atoms. The number of fused-ring (bicyclic) bond motifs is 1. The number of carbonyl (C=O) groups excluding carboxylic acids is 1. The minimum atomic E-state index is -0.906. The Morgan fingerprint density at radius 1 is 1.43 bits per heavy atom. The summed E-state index contributed by atoms with van der Waals surface area (Å²) < 4.78 is 5.41. The van der Waals surface area contributed by atoms with Gasteiger partial charge in [-0.1, -0.05) is 12.1 Å². The van der Waals surface area contributed by atoms with Gasteiger partial charge in [-0.25, -0.2) is 0 Å². The van der Waals surface area contributed by atoms with E-state index in [2.05, 4.69) is 4.98 Å². The van der Waals surface area contributed by atoms with Crippen LogP contribution in [0.25, 0.3) is 10.9 Å². The fourth-order valence-corrected chi connectivity index (χ4v) is 3.13. The highest BCUT2D eigenvalue weighted by Gasteiger charge is 2.26. The van der Waals surface area contributed by atoms with Crippen molar-refractivity contribution in [2.75, 3.05) is 19.7 Å². The maximum atomic E-state index is 12.6. The van der Waals surface area contributed by atoms with Crippen LogP contribution in [0.5, 0.6) is 0 Å². The number of hydrogen-bond acceptors (Lipinski definition) is 3. The molecule has 1 aliphatic heterocycles. The summed E-state index contributed by atoms with van der Waals surface area (Å²) in [4.78, 5) is 28.3. The number of hydrogen-bond donors (Lipinski definition) is 2. The molecule has 2 N–H and O–H groups in total. The van der Waals surface area contributed by atoms with Crippen LogP contribution >= 0.6 is 0 Å². The summed E-state index contributed by atoms with van der Waals surface area (Å²) in [6.07, 6.45) is 1.70. The predicted molar refractivity (Wildman–Crippen MR) is 85.3 cm³/mol. The van der Waals surface area contributed by atoms with E-state index in [0.717, 1.165) is 22.0 Å². The summed E-state index contributed by atoms with van der Waals surface area (Å²) in [6, 6.07) is 6.01. The average Bonchev–Trinajstić information content (AvgIpc) is 2.91. The zero-order valence-electron chi connectivity index (χ0n) is 13.0. The summed E-state index contributed by atoms with van der Waals surface area (Å²) in [7, 11) is 0. The van der Waals surface area contributed by atoms with Gasteiger partial charge in [0, 0.05) is 30.2 Å². The van der Waals surface area contributed by atoms with Crippen LogP contribution < -0.4 is 0 Å². The number of nitrogens with one attached hydrogen (secondary N) is 1. The Bertz CT molecular complexity index is 737. The summed E-state index contributed by atoms with van der Waals surface area (Å²) in [5.74, 6) is -0.899. The number of aromatic amines is 1. The quantitative estimate of drug-likeness (QED) is 0.900. The molecule has 0 spiro atoms. The summed E-state index contributed by atoms with van der Waals surface area (Å²) in [5.41, 5.74) is 3.14. The normalized spacial score (nSPS) is 18.3. The second kappa shape index (κ2) is 6.42. The highest BCUT2D eigenvalue weighted by molar-refractivity contribution is 5.91. The molecule has 1 aliphatic rings. The number of rotatable bonds is 4.